The highest BCUT2D eigenvalue weighted by Gasteiger charge is 2.17. The van der Waals surface area contributed by atoms with Crippen molar-refractivity contribution in [2.24, 2.45) is 5.92 Å². The molecule has 0 N–H and O–H groups in total. The van der Waals surface area contributed by atoms with Gasteiger partial charge in [0.1, 0.15) is 0 Å². The van der Waals surface area contributed by atoms with Crippen LogP contribution in [-0.2, 0) is 4.74 Å². The molecule has 0 amide bonds. The van der Waals surface area contributed by atoms with Crippen molar-refractivity contribution in [2.75, 3.05) is 6.61 Å². The predicted molar refractivity (Wildman–Crippen MR) is 47.7 cm³/mol. The molecule has 1 aliphatic carbocycles. The molecule has 0 heterocycles. The van der Waals surface area contributed by atoms with Gasteiger partial charge in [0.15, 0.2) is 0 Å². The second-order valence-electron chi connectivity index (χ2n) is 3.65. The topological polar surface area (TPSA) is 9.23 Å². The Morgan fingerprint density at radius 2 is 2.00 bits per heavy atom. The predicted octanol–water partition coefficient (Wildman–Crippen LogP) is 2.99. The lowest BCUT2D eigenvalue weighted by Crippen LogP contribution is -2.12. The lowest BCUT2D eigenvalue weighted by atomic mass is 10.0. The van der Waals surface area contributed by atoms with Gasteiger partial charge in [0.25, 0.3) is 0 Å². The summed E-state index contributed by atoms with van der Waals surface area (Å²) in [6, 6.07) is 0. The minimum absolute atomic E-state index is 0.489. The molecule has 1 rings (SSSR count). The highest BCUT2D eigenvalue weighted by molar-refractivity contribution is 4.69. The molecule has 0 bridgehead atoms. The fraction of sp³-hybridized carbons (Fsp3) is 1.00. The first-order valence-electron chi connectivity index (χ1n) is 4.94. The summed E-state index contributed by atoms with van der Waals surface area (Å²) in [6.07, 6.45) is 7.55. The van der Waals surface area contributed by atoms with E-state index in [1.807, 2.05) is 0 Å². The van der Waals surface area contributed by atoms with Gasteiger partial charge in [-0.2, -0.15) is 0 Å². The van der Waals surface area contributed by atoms with E-state index in [1.54, 1.807) is 0 Å². The largest absolute Gasteiger partial charge is 0.379 e. The third-order valence-corrected chi connectivity index (χ3v) is 2.59. The Kier molecular flexibility index (Phi) is 3.92. The highest BCUT2D eigenvalue weighted by atomic mass is 16.5. The Morgan fingerprint density at radius 1 is 1.36 bits per heavy atom. The van der Waals surface area contributed by atoms with Crippen LogP contribution in [0.5, 0.6) is 0 Å². The number of rotatable bonds is 4. The zero-order valence-electron chi connectivity index (χ0n) is 7.81. The van der Waals surface area contributed by atoms with Crippen molar-refractivity contribution >= 4 is 0 Å². The molecular weight excluding hydrogens is 136 g/mol. The summed E-state index contributed by atoms with van der Waals surface area (Å²) in [5, 5.41) is 0. The van der Waals surface area contributed by atoms with Crippen molar-refractivity contribution in [3.63, 3.8) is 0 Å². The molecule has 0 radical (unpaired) electrons. The zero-order chi connectivity index (χ0) is 8.10. The fourth-order valence-corrected chi connectivity index (χ4v) is 2.07. The molecule has 0 saturated heterocycles. The van der Waals surface area contributed by atoms with E-state index < -0.39 is 0 Å². The Bertz CT molecular complexity index is 95.0. The molecule has 0 aromatic rings. The van der Waals surface area contributed by atoms with Crippen LogP contribution in [0.25, 0.3) is 0 Å². The van der Waals surface area contributed by atoms with Gasteiger partial charge in [-0.1, -0.05) is 25.7 Å². The van der Waals surface area contributed by atoms with E-state index in [0.717, 1.165) is 12.5 Å². The summed E-state index contributed by atoms with van der Waals surface area (Å²) in [4.78, 5) is 0. The molecular formula is C10H20O. The van der Waals surface area contributed by atoms with Crippen LogP contribution < -0.4 is 0 Å². The number of hydrogen-bond acceptors (Lipinski definition) is 1. The summed E-state index contributed by atoms with van der Waals surface area (Å²) in [6.45, 7) is 5.14. The average Bonchev–Trinajstić information content (AvgIpc) is 2.40. The average molecular weight is 156 g/mol. The van der Waals surface area contributed by atoms with Crippen LogP contribution in [0, 0.1) is 5.92 Å². The van der Waals surface area contributed by atoms with Crippen molar-refractivity contribution < 1.29 is 4.74 Å². The van der Waals surface area contributed by atoms with Crippen molar-refractivity contribution in [3.8, 4) is 0 Å². The Balaban J connectivity index is 2.08. The monoisotopic (exact) mass is 156 g/mol. The zero-order valence-corrected chi connectivity index (χ0v) is 7.81. The van der Waals surface area contributed by atoms with Crippen LogP contribution >= 0.6 is 0 Å². The van der Waals surface area contributed by atoms with E-state index in [-0.39, 0.29) is 0 Å². The van der Waals surface area contributed by atoms with Crippen LogP contribution in [0.4, 0.5) is 0 Å². The fourth-order valence-electron chi connectivity index (χ4n) is 2.07. The van der Waals surface area contributed by atoms with Crippen molar-refractivity contribution in [1.82, 2.24) is 0 Å². The lowest BCUT2D eigenvalue weighted by molar-refractivity contribution is 0.0585. The molecule has 0 spiro atoms. The number of hydrogen-bond donors (Lipinski definition) is 0. The molecule has 1 saturated carbocycles. The summed E-state index contributed by atoms with van der Waals surface area (Å²) < 4.78 is 5.50. The molecule has 66 valence electrons. The summed E-state index contributed by atoms with van der Waals surface area (Å²) >= 11 is 0. The van der Waals surface area contributed by atoms with Crippen LogP contribution in [-0.4, -0.2) is 12.7 Å². The molecule has 1 nitrogen and oxygen atoms in total. The van der Waals surface area contributed by atoms with E-state index in [1.165, 1.54) is 32.1 Å². The van der Waals surface area contributed by atoms with Gasteiger partial charge in [-0.15, -0.1) is 0 Å². The normalized spacial score (nSPS) is 22.4. The Labute approximate surface area is 70.1 Å². The molecule has 0 aliphatic heterocycles. The van der Waals surface area contributed by atoms with Gasteiger partial charge in [-0.05, 0) is 26.2 Å². The molecule has 1 fully saturated rings. The molecule has 1 unspecified atom stereocenters. The quantitative estimate of drug-likeness (QED) is 0.608. The summed E-state index contributed by atoms with van der Waals surface area (Å²) in [5.41, 5.74) is 0. The van der Waals surface area contributed by atoms with Gasteiger partial charge in [0.05, 0.1) is 6.10 Å². The van der Waals surface area contributed by atoms with Crippen LogP contribution in [0.3, 0.4) is 0 Å². The Morgan fingerprint density at radius 3 is 2.55 bits per heavy atom. The molecule has 1 aliphatic rings. The molecule has 1 atom stereocenters. The maximum absolute atomic E-state index is 5.50. The standard InChI is InChI=1S/C10H20O/c1-3-11-9(2)8-10-6-4-5-7-10/h9-10H,3-8H2,1-2H3. The van der Waals surface area contributed by atoms with Gasteiger partial charge in [0, 0.05) is 6.61 Å². The molecule has 11 heavy (non-hydrogen) atoms. The van der Waals surface area contributed by atoms with Crippen molar-refractivity contribution in [1.29, 1.82) is 0 Å². The first kappa shape index (κ1) is 9.05. The van der Waals surface area contributed by atoms with Crippen LogP contribution in [0.15, 0.2) is 0 Å². The van der Waals surface area contributed by atoms with E-state index in [9.17, 15) is 0 Å². The first-order valence-corrected chi connectivity index (χ1v) is 4.94. The van der Waals surface area contributed by atoms with Crippen molar-refractivity contribution in [2.45, 2.75) is 52.1 Å². The van der Waals surface area contributed by atoms with Crippen molar-refractivity contribution in [3.05, 3.63) is 0 Å². The second kappa shape index (κ2) is 4.76. The van der Waals surface area contributed by atoms with Gasteiger partial charge >= 0.3 is 0 Å². The molecule has 1 heteroatoms. The van der Waals surface area contributed by atoms with E-state index >= 15 is 0 Å². The molecule has 0 aromatic heterocycles. The van der Waals surface area contributed by atoms with Crippen LogP contribution in [0.2, 0.25) is 0 Å². The minimum Gasteiger partial charge on any atom is -0.379 e. The maximum Gasteiger partial charge on any atom is 0.0549 e. The first-order chi connectivity index (χ1) is 5.33. The summed E-state index contributed by atoms with van der Waals surface area (Å²) in [7, 11) is 0. The lowest BCUT2D eigenvalue weighted by Gasteiger charge is -2.15. The Hall–Kier alpha value is -0.0400. The van der Waals surface area contributed by atoms with Gasteiger partial charge in [-0.25, -0.2) is 0 Å². The number of ether oxygens (including phenoxy) is 1. The smallest absolute Gasteiger partial charge is 0.0549 e. The van der Waals surface area contributed by atoms with Gasteiger partial charge in [0.2, 0.25) is 0 Å². The van der Waals surface area contributed by atoms with E-state index in [4.69, 9.17) is 4.74 Å². The van der Waals surface area contributed by atoms with Crippen LogP contribution in [0.1, 0.15) is 46.0 Å². The van der Waals surface area contributed by atoms with E-state index in [2.05, 4.69) is 13.8 Å². The second-order valence-corrected chi connectivity index (χ2v) is 3.65. The SMILES string of the molecule is CCOC(C)CC1CCCC1. The minimum atomic E-state index is 0.489. The van der Waals surface area contributed by atoms with Gasteiger partial charge in [-0.3, -0.25) is 0 Å². The maximum atomic E-state index is 5.50. The third-order valence-electron chi connectivity index (χ3n) is 2.59. The highest BCUT2D eigenvalue weighted by Crippen LogP contribution is 2.28. The van der Waals surface area contributed by atoms with E-state index in [0.29, 0.717) is 6.10 Å². The molecule has 0 aromatic carbocycles. The third kappa shape index (κ3) is 3.24. The summed E-state index contributed by atoms with van der Waals surface area (Å²) in [5.74, 6) is 0.969. The van der Waals surface area contributed by atoms with Gasteiger partial charge < -0.3 is 4.74 Å².